The second-order valence-electron chi connectivity index (χ2n) is 11.2. The van der Waals surface area contributed by atoms with E-state index in [1.165, 1.54) is 61.8 Å². The average Bonchev–Trinajstić information content (AvgIpc) is 3.30. The number of nitriles is 2. The number of nitrogens with zero attached hydrogens (tertiary/aromatic N) is 2. The van der Waals surface area contributed by atoms with E-state index < -0.39 is 5.92 Å². The van der Waals surface area contributed by atoms with Gasteiger partial charge in [-0.15, -0.1) is 11.3 Å². The Morgan fingerprint density at radius 1 is 1.10 bits per heavy atom. The normalized spacial score (nSPS) is 33.5. The van der Waals surface area contributed by atoms with Crippen LogP contribution < -0.4 is 0 Å². The van der Waals surface area contributed by atoms with Crippen LogP contribution >= 0.6 is 11.3 Å². The first-order valence-corrected chi connectivity index (χ1v) is 13.2. The summed E-state index contributed by atoms with van der Waals surface area (Å²) in [5, 5.41) is 20.9. The maximum Gasteiger partial charge on any atom is 0.159 e. The minimum Gasteiger partial charge on any atom is -0.196 e. The molecule has 0 amide bonds. The van der Waals surface area contributed by atoms with Crippen molar-refractivity contribution in [2.24, 2.45) is 35.0 Å². The molecule has 3 aliphatic rings. The van der Waals surface area contributed by atoms with Gasteiger partial charge >= 0.3 is 0 Å². The summed E-state index contributed by atoms with van der Waals surface area (Å²) in [6.07, 6.45) is 12.0. The molecule has 3 heteroatoms. The fourth-order valence-corrected chi connectivity index (χ4v) is 9.11. The fraction of sp³-hybridized carbons (Fsp3) is 0.778. The first-order valence-electron chi connectivity index (χ1n) is 12.3. The van der Waals surface area contributed by atoms with Crippen LogP contribution in [0.15, 0.2) is 5.38 Å². The molecule has 2 fully saturated rings. The van der Waals surface area contributed by atoms with Crippen molar-refractivity contribution in [3.63, 3.8) is 0 Å². The predicted molar refractivity (Wildman–Crippen MR) is 124 cm³/mol. The van der Waals surface area contributed by atoms with Crippen LogP contribution in [0.5, 0.6) is 0 Å². The van der Waals surface area contributed by atoms with E-state index in [1.807, 2.05) is 11.3 Å². The van der Waals surface area contributed by atoms with Crippen molar-refractivity contribution < 1.29 is 0 Å². The van der Waals surface area contributed by atoms with Crippen LogP contribution in [0.1, 0.15) is 107 Å². The number of thiophene rings is 1. The van der Waals surface area contributed by atoms with Gasteiger partial charge in [0.15, 0.2) is 5.92 Å². The predicted octanol–water partition coefficient (Wildman–Crippen LogP) is 7.81. The molecule has 4 rings (SSSR count). The molecule has 0 bridgehead atoms. The molecule has 0 radical (unpaired) electrons. The van der Waals surface area contributed by atoms with Crippen molar-refractivity contribution in [3.05, 3.63) is 21.4 Å². The van der Waals surface area contributed by atoms with Crippen LogP contribution in [0.2, 0.25) is 0 Å². The molecule has 0 aromatic carbocycles. The van der Waals surface area contributed by atoms with Crippen LogP contribution in [0.4, 0.5) is 0 Å². The number of hydrogen-bond donors (Lipinski definition) is 0. The minimum atomic E-state index is -0.585. The fourth-order valence-electron chi connectivity index (χ4n) is 7.75. The van der Waals surface area contributed by atoms with Crippen molar-refractivity contribution >= 4 is 11.3 Å². The maximum absolute atomic E-state index is 9.39. The standard InChI is InChI=1S/C27H38N2S/c1-17(2)6-5-7-18(3)24-10-11-25-20-8-9-21-23(19(14-28)15-29)16-30-26(21)22(20)12-13-27(24,25)4/h16-20,22,24-25H,5-13H2,1-4H3/t18-,20+,22-,24-,25+,27-/m1/s1. The van der Waals surface area contributed by atoms with Crippen LogP contribution in [0.3, 0.4) is 0 Å². The Labute approximate surface area is 187 Å². The number of rotatable bonds is 6. The third kappa shape index (κ3) is 3.62. The SMILES string of the molecule is CC(C)CCC[C@@H](C)[C@H]1CC[C@H]2[C@H]3CCc4c(C(C#N)C#N)csc4[C@@H]3CC[C@]12C. The average molecular weight is 423 g/mol. The molecule has 0 N–H and O–H groups in total. The van der Waals surface area contributed by atoms with Gasteiger partial charge in [0.1, 0.15) is 0 Å². The Morgan fingerprint density at radius 2 is 1.87 bits per heavy atom. The van der Waals surface area contributed by atoms with E-state index in [4.69, 9.17) is 0 Å². The summed E-state index contributed by atoms with van der Waals surface area (Å²) in [6.45, 7) is 9.88. The summed E-state index contributed by atoms with van der Waals surface area (Å²) in [4.78, 5) is 1.53. The molecule has 162 valence electrons. The maximum atomic E-state index is 9.39. The van der Waals surface area contributed by atoms with Crippen LogP contribution in [0.25, 0.3) is 0 Å². The van der Waals surface area contributed by atoms with E-state index in [2.05, 4.69) is 45.2 Å². The molecule has 1 heterocycles. The highest BCUT2D eigenvalue weighted by Crippen LogP contribution is 2.65. The molecule has 0 saturated heterocycles. The van der Waals surface area contributed by atoms with Crippen LogP contribution in [-0.2, 0) is 6.42 Å². The lowest BCUT2D eigenvalue weighted by Gasteiger charge is -2.51. The summed E-state index contributed by atoms with van der Waals surface area (Å²) in [5.41, 5.74) is 2.92. The molecule has 6 atom stereocenters. The van der Waals surface area contributed by atoms with E-state index >= 15 is 0 Å². The zero-order valence-electron chi connectivity index (χ0n) is 19.3. The van der Waals surface area contributed by atoms with Gasteiger partial charge in [-0.05, 0) is 96.0 Å². The molecule has 1 aromatic rings. The Balaban J connectivity index is 1.51. The van der Waals surface area contributed by atoms with Gasteiger partial charge in [-0.3, -0.25) is 0 Å². The molecule has 2 nitrogen and oxygen atoms in total. The van der Waals surface area contributed by atoms with E-state index in [0.717, 1.165) is 41.6 Å². The van der Waals surface area contributed by atoms with Crippen molar-refractivity contribution in [2.45, 2.75) is 97.3 Å². The van der Waals surface area contributed by atoms with Gasteiger partial charge in [0, 0.05) is 4.88 Å². The zero-order chi connectivity index (χ0) is 21.5. The molecular weight excluding hydrogens is 384 g/mol. The molecule has 3 aliphatic carbocycles. The monoisotopic (exact) mass is 422 g/mol. The quantitative estimate of drug-likeness (QED) is 0.469. The van der Waals surface area contributed by atoms with Gasteiger partial charge in [-0.2, -0.15) is 10.5 Å². The summed E-state index contributed by atoms with van der Waals surface area (Å²) in [5.74, 6) is 4.37. The van der Waals surface area contributed by atoms with Crippen molar-refractivity contribution in [2.75, 3.05) is 0 Å². The first kappa shape index (κ1) is 21.9. The molecule has 0 spiro atoms. The Bertz CT molecular complexity index is 826. The van der Waals surface area contributed by atoms with Crippen molar-refractivity contribution in [3.8, 4) is 12.1 Å². The smallest absolute Gasteiger partial charge is 0.159 e. The topological polar surface area (TPSA) is 47.6 Å². The summed E-state index contributed by atoms with van der Waals surface area (Å²) < 4.78 is 0. The highest BCUT2D eigenvalue weighted by atomic mass is 32.1. The van der Waals surface area contributed by atoms with Gasteiger partial charge in [0.25, 0.3) is 0 Å². The summed E-state index contributed by atoms with van der Waals surface area (Å²) in [7, 11) is 0. The van der Waals surface area contributed by atoms with Gasteiger partial charge in [0.2, 0.25) is 0 Å². The molecule has 30 heavy (non-hydrogen) atoms. The van der Waals surface area contributed by atoms with Crippen molar-refractivity contribution in [1.82, 2.24) is 0 Å². The third-order valence-corrected chi connectivity index (χ3v) is 10.4. The zero-order valence-corrected chi connectivity index (χ0v) is 20.1. The largest absolute Gasteiger partial charge is 0.196 e. The molecule has 0 aliphatic heterocycles. The lowest BCUT2D eigenvalue weighted by molar-refractivity contribution is 0.0105. The number of hydrogen-bond acceptors (Lipinski definition) is 3. The lowest BCUT2D eigenvalue weighted by atomic mass is 9.54. The Morgan fingerprint density at radius 3 is 2.57 bits per heavy atom. The molecule has 0 unspecified atom stereocenters. The third-order valence-electron chi connectivity index (χ3n) is 9.23. The van der Waals surface area contributed by atoms with E-state index in [0.29, 0.717) is 11.3 Å². The van der Waals surface area contributed by atoms with E-state index in [9.17, 15) is 10.5 Å². The van der Waals surface area contributed by atoms with Gasteiger partial charge in [0.05, 0.1) is 12.1 Å². The van der Waals surface area contributed by atoms with Crippen LogP contribution in [0, 0.1) is 57.7 Å². The van der Waals surface area contributed by atoms with Gasteiger partial charge in [-0.1, -0.05) is 47.0 Å². The highest BCUT2D eigenvalue weighted by molar-refractivity contribution is 7.10. The van der Waals surface area contributed by atoms with E-state index in [-0.39, 0.29) is 0 Å². The molecular formula is C27H38N2S. The second-order valence-corrected chi connectivity index (χ2v) is 12.1. The minimum absolute atomic E-state index is 0.526. The Hall–Kier alpha value is -1.32. The Kier molecular flexibility index (Phi) is 6.33. The second kappa shape index (κ2) is 8.67. The number of fused-ring (bicyclic) bond motifs is 5. The lowest BCUT2D eigenvalue weighted by Crippen LogP contribution is -2.43. The molecule has 1 aromatic heterocycles. The van der Waals surface area contributed by atoms with Gasteiger partial charge < -0.3 is 0 Å². The molecule has 2 saturated carbocycles. The highest BCUT2D eigenvalue weighted by Gasteiger charge is 2.55. The van der Waals surface area contributed by atoms with Crippen molar-refractivity contribution in [1.29, 1.82) is 10.5 Å². The van der Waals surface area contributed by atoms with Gasteiger partial charge in [-0.25, -0.2) is 0 Å². The first-order chi connectivity index (χ1) is 14.4. The summed E-state index contributed by atoms with van der Waals surface area (Å²) in [6, 6.07) is 4.41. The summed E-state index contributed by atoms with van der Waals surface area (Å²) >= 11 is 1.85. The van der Waals surface area contributed by atoms with Crippen LogP contribution in [-0.4, -0.2) is 0 Å². The van der Waals surface area contributed by atoms with E-state index in [1.54, 1.807) is 0 Å².